The second-order valence-corrected chi connectivity index (χ2v) is 5.79. The highest BCUT2D eigenvalue weighted by atomic mass is 79.9. The zero-order chi connectivity index (χ0) is 13.6. The molecule has 1 aliphatic rings. The standard InChI is InChI=1S/C13H22BrF2NO/c1-2-3-9-17(10-8-14)12(18)11-4-6-13(15,16)7-5-11/h11H,2-10H2,1H3. The van der Waals surface area contributed by atoms with Gasteiger partial charge in [-0.15, -0.1) is 0 Å². The van der Waals surface area contributed by atoms with E-state index in [0.29, 0.717) is 19.4 Å². The Hall–Kier alpha value is -0.190. The zero-order valence-electron chi connectivity index (χ0n) is 10.9. The van der Waals surface area contributed by atoms with Gasteiger partial charge in [0, 0.05) is 37.2 Å². The van der Waals surface area contributed by atoms with Crippen LogP contribution in [-0.4, -0.2) is 35.1 Å². The van der Waals surface area contributed by atoms with E-state index in [1.54, 1.807) is 0 Å². The Balaban J connectivity index is 2.50. The maximum Gasteiger partial charge on any atom is 0.248 e. The van der Waals surface area contributed by atoms with E-state index >= 15 is 0 Å². The Bertz CT molecular complexity index is 264. The Morgan fingerprint density at radius 1 is 1.33 bits per heavy atom. The average Bonchev–Trinajstić information content (AvgIpc) is 2.33. The van der Waals surface area contributed by atoms with Crippen molar-refractivity contribution < 1.29 is 13.6 Å². The lowest BCUT2D eigenvalue weighted by atomic mass is 9.86. The maximum absolute atomic E-state index is 13.1. The van der Waals surface area contributed by atoms with E-state index < -0.39 is 5.92 Å². The molecule has 0 aromatic rings. The van der Waals surface area contributed by atoms with Crippen molar-refractivity contribution in [3.05, 3.63) is 0 Å². The van der Waals surface area contributed by atoms with E-state index in [1.165, 1.54) is 0 Å². The Morgan fingerprint density at radius 3 is 2.44 bits per heavy atom. The minimum Gasteiger partial charge on any atom is -0.342 e. The molecule has 0 saturated heterocycles. The zero-order valence-corrected chi connectivity index (χ0v) is 12.5. The largest absolute Gasteiger partial charge is 0.342 e. The molecule has 18 heavy (non-hydrogen) atoms. The molecule has 0 aromatic carbocycles. The van der Waals surface area contributed by atoms with E-state index in [2.05, 4.69) is 22.9 Å². The van der Waals surface area contributed by atoms with E-state index in [4.69, 9.17) is 0 Å². The highest BCUT2D eigenvalue weighted by Crippen LogP contribution is 2.36. The molecule has 0 N–H and O–H groups in total. The third kappa shape index (κ3) is 4.82. The van der Waals surface area contributed by atoms with Crippen LogP contribution in [0.15, 0.2) is 0 Å². The topological polar surface area (TPSA) is 20.3 Å². The predicted octanol–water partition coefficient (Wildman–Crippen LogP) is 3.84. The molecule has 0 spiro atoms. The molecular formula is C13H22BrF2NO. The first-order valence-corrected chi connectivity index (χ1v) is 7.85. The quantitative estimate of drug-likeness (QED) is 0.679. The van der Waals surface area contributed by atoms with Gasteiger partial charge in [-0.05, 0) is 19.3 Å². The first kappa shape index (κ1) is 15.9. The summed E-state index contributed by atoms with van der Waals surface area (Å²) >= 11 is 3.34. The summed E-state index contributed by atoms with van der Waals surface area (Å²) in [7, 11) is 0. The van der Waals surface area contributed by atoms with Crippen molar-refractivity contribution in [3.63, 3.8) is 0 Å². The Morgan fingerprint density at radius 2 is 1.94 bits per heavy atom. The first-order chi connectivity index (χ1) is 8.50. The fraction of sp³-hybridized carbons (Fsp3) is 0.923. The molecule has 0 radical (unpaired) electrons. The number of alkyl halides is 3. The van der Waals surface area contributed by atoms with Gasteiger partial charge in [0.05, 0.1) is 0 Å². The molecule has 0 heterocycles. The summed E-state index contributed by atoms with van der Waals surface area (Å²) in [4.78, 5) is 14.1. The number of rotatable bonds is 6. The lowest BCUT2D eigenvalue weighted by molar-refractivity contribution is -0.139. The van der Waals surface area contributed by atoms with Crippen molar-refractivity contribution in [1.82, 2.24) is 4.90 Å². The lowest BCUT2D eigenvalue weighted by Crippen LogP contribution is -2.40. The highest BCUT2D eigenvalue weighted by molar-refractivity contribution is 9.09. The van der Waals surface area contributed by atoms with Gasteiger partial charge in [-0.2, -0.15) is 0 Å². The third-order valence-corrected chi connectivity index (χ3v) is 3.87. The molecule has 0 bridgehead atoms. The van der Waals surface area contributed by atoms with Gasteiger partial charge in [0.1, 0.15) is 0 Å². The molecule has 106 valence electrons. The van der Waals surface area contributed by atoms with Crippen molar-refractivity contribution in [1.29, 1.82) is 0 Å². The van der Waals surface area contributed by atoms with Crippen LogP contribution in [0.3, 0.4) is 0 Å². The first-order valence-electron chi connectivity index (χ1n) is 6.72. The average molecular weight is 326 g/mol. The number of carbonyl (C=O) groups excluding carboxylic acids is 1. The number of unbranched alkanes of at least 4 members (excludes halogenated alkanes) is 1. The molecule has 0 atom stereocenters. The van der Waals surface area contributed by atoms with Crippen LogP contribution in [0.1, 0.15) is 45.4 Å². The Kier molecular flexibility index (Phi) is 6.53. The van der Waals surface area contributed by atoms with E-state index in [-0.39, 0.29) is 24.7 Å². The second-order valence-electron chi connectivity index (χ2n) is 5.00. The SMILES string of the molecule is CCCCN(CCBr)C(=O)C1CCC(F)(F)CC1. The number of halogens is 3. The fourth-order valence-electron chi connectivity index (χ4n) is 2.33. The maximum atomic E-state index is 13.1. The molecule has 1 aliphatic carbocycles. The molecule has 0 aliphatic heterocycles. The van der Waals surface area contributed by atoms with Gasteiger partial charge < -0.3 is 4.90 Å². The van der Waals surface area contributed by atoms with Crippen molar-refractivity contribution in [2.45, 2.75) is 51.4 Å². The number of amides is 1. The van der Waals surface area contributed by atoms with Crippen molar-refractivity contribution in [2.24, 2.45) is 5.92 Å². The molecule has 1 amide bonds. The van der Waals surface area contributed by atoms with Crippen LogP contribution < -0.4 is 0 Å². The summed E-state index contributed by atoms with van der Waals surface area (Å²) in [5.74, 6) is -2.68. The number of hydrogen-bond donors (Lipinski definition) is 0. The minimum absolute atomic E-state index is 0.0680. The molecule has 1 fully saturated rings. The second kappa shape index (κ2) is 7.41. The summed E-state index contributed by atoms with van der Waals surface area (Å²) in [5.41, 5.74) is 0. The van der Waals surface area contributed by atoms with E-state index in [1.807, 2.05) is 4.90 Å². The molecule has 1 rings (SSSR count). The van der Waals surface area contributed by atoms with Gasteiger partial charge in [-0.3, -0.25) is 4.79 Å². The number of nitrogens with zero attached hydrogens (tertiary/aromatic N) is 1. The van der Waals surface area contributed by atoms with Crippen molar-refractivity contribution in [3.8, 4) is 0 Å². The monoisotopic (exact) mass is 325 g/mol. The summed E-state index contributed by atoms with van der Waals surface area (Å²) in [6, 6.07) is 0. The number of hydrogen-bond acceptors (Lipinski definition) is 1. The molecule has 0 aromatic heterocycles. The molecular weight excluding hydrogens is 304 g/mol. The van der Waals surface area contributed by atoms with Crippen LogP contribution in [0.4, 0.5) is 8.78 Å². The van der Waals surface area contributed by atoms with Crippen LogP contribution >= 0.6 is 15.9 Å². The minimum atomic E-state index is -2.56. The molecule has 0 unspecified atom stereocenters. The molecule has 2 nitrogen and oxygen atoms in total. The van der Waals surface area contributed by atoms with Gasteiger partial charge in [0.2, 0.25) is 11.8 Å². The van der Waals surface area contributed by atoms with Crippen LogP contribution in [0, 0.1) is 5.92 Å². The van der Waals surface area contributed by atoms with Crippen molar-refractivity contribution in [2.75, 3.05) is 18.4 Å². The summed E-state index contributed by atoms with van der Waals surface area (Å²) in [6.07, 6.45) is 2.39. The summed E-state index contributed by atoms with van der Waals surface area (Å²) in [5, 5.41) is 0.741. The normalized spacial score (nSPS) is 19.8. The van der Waals surface area contributed by atoms with Crippen LogP contribution in [0.5, 0.6) is 0 Å². The van der Waals surface area contributed by atoms with Gasteiger partial charge in [-0.1, -0.05) is 29.3 Å². The predicted molar refractivity (Wildman–Crippen MR) is 72.2 cm³/mol. The highest BCUT2D eigenvalue weighted by Gasteiger charge is 2.38. The third-order valence-electron chi connectivity index (χ3n) is 3.51. The van der Waals surface area contributed by atoms with Gasteiger partial charge in [0.15, 0.2) is 0 Å². The lowest BCUT2D eigenvalue weighted by Gasteiger charge is -2.31. The van der Waals surface area contributed by atoms with Crippen molar-refractivity contribution >= 4 is 21.8 Å². The molecule has 1 saturated carbocycles. The van der Waals surface area contributed by atoms with Crippen LogP contribution in [0.2, 0.25) is 0 Å². The van der Waals surface area contributed by atoms with E-state index in [9.17, 15) is 13.6 Å². The van der Waals surface area contributed by atoms with E-state index in [0.717, 1.165) is 24.7 Å². The van der Waals surface area contributed by atoms with Gasteiger partial charge in [-0.25, -0.2) is 8.78 Å². The van der Waals surface area contributed by atoms with Crippen LogP contribution in [0.25, 0.3) is 0 Å². The summed E-state index contributed by atoms with van der Waals surface area (Å²) in [6.45, 7) is 3.50. The molecule has 5 heteroatoms. The van der Waals surface area contributed by atoms with Gasteiger partial charge >= 0.3 is 0 Å². The fourth-order valence-corrected chi connectivity index (χ4v) is 2.76. The smallest absolute Gasteiger partial charge is 0.248 e. The number of carbonyl (C=O) groups is 1. The van der Waals surface area contributed by atoms with Crippen LogP contribution in [-0.2, 0) is 4.79 Å². The Labute approximate surface area is 116 Å². The summed E-state index contributed by atoms with van der Waals surface area (Å²) < 4.78 is 26.1. The van der Waals surface area contributed by atoms with Gasteiger partial charge in [0.25, 0.3) is 0 Å².